The van der Waals surface area contributed by atoms with Gasteiger partial charge in [-0.05, 0) is 12.1 Å². The average molecular weight is 277 g/mol. The fourth-order valence-corrected chi connectivity index (χ4v) is 2.94. The Balaban J connectivity index is 1.79. The molecule has 1 atom stereocenters. The van der Waals surface area contributed by atoms with E-state index < -0.39 is 0 Å². The van der Waals surface area contributed by atoms with Crippen molar-refractivity contribution in [3.05, 3.63) is 77.9 Å². The molecule has 3 aromatic rings. The van der Waals surface area contributed by atoms with Crippen molar-refractivity contribution in [2.75, 3.05) is 5.32 Å². The number of aromatic nitrogens is 2. The number of nitrogens with one attached hydrogen (secondary N) is 1. The van der Waals surface area contributed by atoms with E-state index in [0.29, 0.717) is 0 Å². The van der Waals surface area contributed by atoms with Crippen molar-refractivity contribution in [2.24, 2.45) is 0 Å². The lowest BCUT2D eigenvalue weighted by molar-refractivity contribution is 0.282. The van der Waals surface area contributed by atoms with Gasteiger partial charge in [0.25, 0.3) is 0 Å². The van der Waals surface area contributed by atoms with Crippen LogP contribution in [0.2, 0.25) is 0 Å². The molecule has 21 heavy (non-hydrogen) atoms. The molecular weight excluding hydrogens is 262 g/mol. The highest BCUT2D eigenvalue weighted by molar-refractivity contribution is 5.60. The number of imidazole rings is 1. The minimum atomic E-state index is 0.0246. The van der Waals surface area contributed by atoms with E-state index in [-0.39, 0.29) is 12.6 Å². The van der Waals surface area contributed by atoms with Crippen LogP contribution in [0.3, 0.4) is 0 Å². The zero-order chi connectivity index (χ0) is 14.2. The van der Waals surface area contributed by atoms with Crippen molar-refractivity contribution >= 4 is 5.69 Å². The summed E-state index contributed by atoms with van der Waals surface area (Å²) >= 11 is 0. The summed E-state index contributed by atoms with van der Waals surface area (Å²) in [5.74, 6) is 0. The van der Waals surface area contributed by atoms with Gasteiger partial charge in [-0.1, -0.05) is 36.4 Å². The van der Waals surface area contributed by atoms with Crippen LogP contribution in [0.25, 0.3) is 5.69 Å². The van der Waals surface area contributed by atoms with Crippen LogP contribution in [0.4, 0.5) is 5.69 Å². The summed E-state index contributed by atoms with van der Waals surface area (Å²) < 4.78 is 2.11. The highest BCUT2D eigenvalue weighted by Crippen LogP contribution is 2.38. The van der Waals surface area contributed by atoms with E-state index in [1.54, 1.807) is 0 Å². The van der Waals surface area contributed by atoms with E-state index in [4.69, 9.17) is 0 Å². The summed E-state index contributed by atoms with van der Waals surface area (Å²) in [5, 5.41) is 13.0. The fourth-order valence-electron chi connectivity index (χ4n) is 2.94. The maximum absolute atomic E-state index is 9.49. The Bertz CT molecular complexity index is 794. The molecule has 0 fully saturated rings. The first-order valence-electron chi connectivity index (χ1n) is 6.95. The van der Waals surface area contributed by atoms with Gasteiger partial charge in [0.05, 0.1) is 36.6 Å². The van der Waals surface area contributed by atoms with Crippen molar-refractivity contribution in [1.82, 2.24) is 9.55 Å². The van der Waals surface area contributed by atoms with E-state index in [1.807, 2.05) is 48.9 Å². The molecule has 0 radical (unpaired) electrons. The predicted octanol–water partition coefficient (Wildman–Crippen LogP) is 2.88. The second-order valence-electron chi connectivity index (χ2n) is 5.14. The number of hydrogen-bond donors (Lipinski definition) is 2. The third-order valence-corrected chi connectivity index (χ3v) is 3.96. The lowest BCUT2D eigenvalue weighted by Gasteiger charge is -2.17. The minimum absolute atomic E-state index is 0.0246. The van der Waals surface area contributed by atoms with Gasteiger partial charge in [-0.3, -0.25) is 0 Å². The van der Waals surface area contributed by atoms with Crippen molar-refractivity contribution in [2.45, 2.75) is 12.6 Å². The van der Waals surface area contributed by atoms with Crippen LogP contribution in [0.5, 0.6) is 0 Å². The Hall–Kier alpha value is -2.59. The standard InChI is InChI=1S/C17H15N3O/c21-10-12-5-1-3-7-14(12)19-17-13-6-2-4-8-15(13)20-11-18-9-16(17)20/h1-9,11,17,19,21H,10H2. The van der Waals surface area contributed by atoms with Gasteiger partial charge in [-0.15, -0.1) is 0 Å². The molecule has 4 nitrogen and oxygen atoms in total. The lowest BCUT2D eigenvalue weighted by Crippen LogP contribution is -2.11. The van der Waals surface area contributed by atoms with E-state index in [9.17, 15) is 5.11 Å². The smallest absolute Gasteiger partial charge is 0.0995 e. The molecule has 0 saturated heterocycles. The first kappa shape index (κ1) is 12.2. The molecule has 1 unspecified atom stereocenters. The molecule has 0 amide bonds. The summed E-state index contributed by atoms with van der Waals surface area (Å²) in [6, 6.07) is 16.2. The zero-order valence-corrected chi connectivity index (χ0v) is 11.4. The van der Waals surface area contributed by atoms with Gasteiger partial charge in [0.15, 0.2) is 0 Å². The predicted molar refractivity (Wildman–Crippen MR) is 81.4 cm³/mol. The van der Waals surface area contributed by atoms with Crippen LogP contribution in [-0.2, 0) is 6.61 Å². The lowest BCUT2D eigenvalue weighted by atomic mass is 10.0. The topological polar surface area (TPSA) is 50.1 Å². The normalized spacial score (nSPS) is 15.6. The number of nitrogens with zero attached hydrogens (tertiary/aromatic N) is 2. The SMILES string of the molecule is OCc1ccccc1NC1c2ccccc2-n2cncc21. The molecule has 4 rings (SSSR count). The van der Waals surface area contributed by atoms with Gasteiger partial charge in [0.2, 0.25) is 0 Å². The van der Waals surface area contributed by atoms with Crippen LogP contribution >= 0.6 is 0 Å². The second kappa shape index (κ2) is 4.75. The summed E-state index contributed by atoms with van der Waals surface area (Å²) in [5.41, 5.74) is 5.35. The number of rotatable bonds is 3. The number of aliphatic hydroxyl groups is 1. The molecule has 2 aromatic carbocycles. The second-order valence-corrected chi connectivity index (χ2v) is 5.14. The van der Waals surface area contributed by atoms with Crippen LogP contribution in [0.1, 0.15) is 22.9 Å². The first-order valence-corrected chi connectivity index (χ1v) is 6.95. The number of aliphatic hydroxyl groups excluding tert-OH is 1. The monoisotopic (exact) mass is 277 g/mol. The van der Waals surface area contributed by atoms with Gasteiger partial charge in [-0.2, -0.15) is 0 Å². The van der Waals surface area contributed by atoms with Crippen molar-refractivity contribution in [1.29, 1.82) is 0 Å². The number of hydrogen-bond acceptors (Lipinski definition) is 3. The molecule has 104 valence electrons. The maximum Gasteiger partial charge on any atom is 0.0995 e. The average Bonchev–Trinajstić information content (AvgIpc) is 3.11. The van der Waals surface area contributed by atoms with Crippen molar-refractivity contribution in [3.63, 3.8) is 0 Å². The number of benzene rings is 2. The number of anilines is 1. The Morgan fingerprint density at radius 3 is 2.81 bits per heavy atom. The largest absolute Gasteiger partial charge is 0.392 e. The van der Waals surface area contributed by atoms with Crippen LogP contribution in [0.15, 0.2) is 61.1 Å². The maximum atomic E-state index is 9.49. The quantitative estimate of drug-likeness (QED) is 0.774. The molecule has 0 saturated carbocycles. The molecule has 1 aliphatic heterocycles. The molecule has 0 spiro atoms. The Morgan fingerprint density at radius 2 is 1.90 bits per heavy atom. The van der Waals surface area contributed by atoms with Crippen molar-refractivity contribution in [3.8, 4) is 5.69 Å². The Morgan fingerprint density at radius 1 is 1.10 bits per heavy atom. The Labute approximate surface area is 122 Å². The molecule has 2 N–H and O–H groups in total. The first-order chi connectivity index (χ1) is 10.4. The van der Waals surface area contributed by atoms with Gasteiger partial charge in [0.1, 0.15) is 0 Å². The molecule has 0 bridgehead atoms. The van der Waals surface area contributed by atoms with Gasteiger partial charge in [0, 0.05) is 16.8 Å². The fraction of sp³-hybridized carbons (Fsp3) is 0.118. The minimum Gasteiger partial charge on any atom is -0.392 e. The summed E-state index contributed by atoms with van der Waals surface area (Å²) in [7, 11) is 0. The molecule has 1 aliphatic rings. The summed E-state index contributed by atoms with van der Waals surface area (Å²) in [4.78, 5) is 4.25. The van der Waals surface area contributed by atoms with Gasteiger partial charge >= 0.3 is 0 Å². The highest BCUT2D eigenvalue weighted by Gasteiger charge is 2.28. The van der Waals surface area contributed by atoms with Crippen LogP contribution in [0, 0.1) is 0 Å². The van der Waals surface area contributed by atoms with Gasteiger partial charge < -0.3 is 15.0 Å². The highest BCUT2D eigenvalue weighted by atomic mass is 16.3. The van der Waals surface area contributed by atoms with Crippen LogP contribution in [-0.4, -0.2) is 14.7 Å². The zero-order valence-electron chi connectivity index (χ0n) is 11.4. The van der Waals surface area contributed by atoms with E-state index in [0.717, 1.165) is 22.6 Å². The molecule has 0 aliphatic carbocycles. The molecule has 2 heterocycles. The van der Waals surface area contributed by atoms with Crippen LogP contribution < -0.4 is 5.32 Å². The molecular formula is C17H15N3O. The number of fused-ring (bicyclic) bond motifs is 3. The summed E-state index contributed by atoms with van der Waals surface area (Å²) in [6.07, 6.45) is 3.73. The Kier molecular flexibility index (Phi) is 2.75. The summed E-state index contributed by atoms with van der Waals surface area (Å²) in [6.45, 7) is 0.0246. The number of para-hydroxylation sites is 2. The third kappa shape index (κ3) is 1.84. The van der Waals surface area contributed by atoms with E-state index in [2.05, 4.69) is 27.0 Å². The van der Waals surface area contributed by atoms with Gasteiger partial charge in [-0.25, -0.2) is 4.98 Å². The molecule has 4 heteroatoms. The van der Waals surface area contributed by atoms with Crippen molar-refractivity contribution < 1.29 is 5.11 Å². The third-order valence-electron chi connectivity index (χ3n) is 3.96. The van der Waals surface area contributed by atoms with E-state index in [1.165, 1.54) is 5.56 Å². The van der Waals surface area contributed by atoms with E-state index >= 15 is 0 Å². The molecule has 1 aromatic heterocycles.